The monoisotopic (exact) mass is 332 g/mol. The van der Waals surface area contributed by atoms with E-state index in [0.29, 0.717) is 10.9 Å². The van der Waals surface area contributed by atoms with Crippen molar-refractivity contribution in [2.24, 2.45) is 5.92 Å². The number of nitro groups is 1. The first-order valence-electron chi connectivity index (χ1n) is 7.54. The molecule has 1 aliphatic carbocycles. The molecular weight excluding hydrogens is 316 g/mol. The van der Waals surface area contributed by atoms with Gasteiger partial charge in [-0.25, -0.2) is 0 Å². The fourth-order valence-electron chi connectivity index (χ4n) is 2.57. The van der Waals surface area contributed by atoms with Crippen molar-refractivity contribution in [2.75, 3.05) is 6.54 Å². The molecule has 2 aromatic rings. The van der Waals surface area contributed by atoms with Crippen molar-refractivity contribution in [3.05, 3.63) is 34.0 Å². The average Bonchev–Trinajstić information content (AvgIpc) is 3.29. The molecular formula is C15H16N4O5. The Balaban J connectivity index is 1.95. The third kappa shape index (κ3) is 2.92. The van der Waals surface area contributed by atoms with Gasteiger partial charge in [0.05, 0.1) is 16.4 Å². The first-order valence-corrected chi connectivity index (χ1v) is 7.54. The summed E-state index contributed by atoms with van der Waals surface area (Å²) in [5.74, 6) is -2.08. The summed E-state index contributed by atoms with van der Waals surface area (Å²) < 4.78 is 0. The number of aliphatic carboxylic acids is 1. The largest absolute Gasteiger partial charge is 0.481 e. The molecule has 2 N–H and O–H groups in total. The number of rotatable bonds is 6. The molecule has 9 nitrogen and oxygen atoms in total. The number of carboxylic acids is 1. The SMILES string of the molecule is CC(CN(C(=O)c1n[nH]c2ccc([N+](=O)[O-])cc12)C1CC1)C(=O)O. The smallest absolute Gasteiger partial charge is 0.308 e. The number of aromatic amines is 1. The van der Waals surface area contributed by atoms with Gasteiger partial charge in [-0.1, -0.05) is 6.92 Å². The number of fused-ring (bicyclic) bond motifs is 1. The summed E-state index contributed by atoms with van der Waals surface area (Å²) >= 11 is 0. The first-order chi connectivity index (χ1) is 11.4. The molecule has 0 saturated heterocycles. The molecule has 3 rings (SSSR count). The summed E-state index contributed by atoms with van der Waals surface area (Å²) in [5.41, 5.74) is 0.471. The molecule has 1 fully saturated rings. The quantitative estimate of drug-likeness (QED) is 0.613. The Bertz CT molecular complexity index is 826. The van der Waals surface area contributed by atoms with E-state index < -0.39 is 22.7 Å². The molecule has 0 aliphatic heterocycles. The van der Waals surface area contributed by atoms with Crippen molar-refractivity contribution < 1.29 is 19.6 Å². The van der Waals surface area contributed by atoms with Gasteiger partial charge in [0.25, 0.3) is 11.6 Å². The van der Waals surface area contributed by atoms with E-state index in [-0.39, 0.29) is 24.0 Å². The standard InChI is InChI=1S/C15H16N4O5/c1-8(15(21)22)7-18(9-2-3-9)14(20)13-11-6-10(19(23)24)4-5-12(11)16-17-13/h4-6,8-9H,2-3,7H2,1H3,(H,16,17)(H,21,22). The lowest BCUT2D eigenvalue weighted by Crippen LogP contribution is -2.38. The van der Waals surface area contributed by atoms with E-state index in [0.717, 1.165) is 12.8 Å². The maximum atomic E-state index is 12.8. The Morgan fingerprint density at radius 2 is 2.21 bits per heavy atom. The number of hydrogen-bond acceptors (Lipinski definition) is 5. The lowest BCUT2D eigenvalue weighted by molar-refractivity contribution is -0.384. The molecule has 1 atom stereocenters. The van der Waals surface area contributed by atoms with Gasteiger partial charge in [-0.3, -0.25) is 24.8 Å². The van der Waals surface area contributed by atoms with Crippen LogP contribution in [-0.2, 0) is 4.79 Å². The highest BCUT2D eigenvalue weighted by molar-refractivity contribution is 6.05. The summed E-state index contributed by atoms with van der Waals surface area (Å²) in [6, 6.07) is 4.14. The van der Waals surface area contributed by atoms with Crippen LogP contribution in [0.15, 0.2) is 18.2 Å². The molecule has 9 heteroatoms. The molecule has 0 bridgehead atoms. The van der Waals surface area contributed by atoms with Crippen molar-refractivity contribution in [3.8, 4) is 0 Å². The molecule has 126 valence electrons. The van der Waals surface area contributed by atoms with Gasteiger partial charge in [-0.15, -0.1) is 0 Å². The minimum absolute atomic E-state index is 0.00440. The number of non-ortho nitro benzene ring substituents is 1. The third-order valence-electron chi connectivity index (χ3n) is 4.10. The van der Waals surface area contributed by atoms with E-state index in [1.54, 1.807) is 6.92 Å². The van der Waals surface area contributed by atoms with Gasteiger partial charge in [0, 0.05) is 30.1 Å². The number of nitrogens with zero attached hydrogens (tertiary/aromatic N) is 3. The molecule has 1 aromatic heterocycles. The number of nitrogens with one attached hydrogen (secondary N) is 1. The van der Waals surface area contributed by atoms with Crippen LogP contribution < -0.4 is 0 Å². The molecule has 1 saturated carbocycles. The predicted octanol–water partition coefficient (Wildman–Crippen LogP) is 1.80. The van der Waals surface area contributed by atoms with Crippen LogP contribution in [0.5, 0.6) is 0 Å². The number of aromatic nitrogens is 2. The zero-order valence-corrected chi connectivity index (χ0v) is 12.9. The molecule has 1 heterocycles. The first kappa shape index (κ1) is 15.9. The van der Waals surface area contributed by atoms with Crippen molar-refractivity contribution in [1.82, 2.24) is 15.1 Å². The highest BCUT2D eigenvalue weighted by atomic mass is 16.6. The molecule has 1 unspecified atom stereocenters. The second-order valence-corrected chi connectivity index (χ2v) is 5.99. The van der Waals surface area contributed by atoms with Crippen LogP contribution in [0.1, 0.15) is 30.3 Å². The third-order valence-corrected chi connectivity index (χ3v) is 4.10. The highest BCUT2D eigenvalue weighted by Crippen LogP contribution is 2.31. The average molecular weight is 332 g/mol. The Hall–Kier alpha value is -2.97. The van der Waals surface area contributed by atoms with Crippen LogP contribution in [0, 0.1) is 16.0 Å². The summed E-state index contributed by atoms with van der Waals surface area (Å²) in [4.78, 5) is 35.8. The number of amides is 1. The zero-order chi connectivity index (χ0) is 17.4. The summed E-state index contributed by atoms with van der Waals surface area (Å²) in [6.45, 7) is 1.63. The number of hydrogen-bond donors (Lipinski definition) is 2. The van der Waals surface area contributed by atoms with Gasteiger partial charge < -0.3 is 10.0 Å². The fourth-order valence-corrected chi connectivity index (χ4v) is 2.57. The zero-order valence-electron chi connectivity index (χ0n) is 12.9. The van der Waals surface area contributed by atoms with Gasteiger partial charge in [-0.05, 0) is 18.9 Å². The number of nitro benzene ring substituents is 1. The van der Waals surface area contributed by atoms with Crippen LogP contribution in [0.3, 0.4) is 0 Å². The molecule has 1 amide bonds. The lowest BCUT2D eigenvalue weighted by Gasteiger charge is -2.23. The van der Waals surface area contributed by atoms with Gasteiger partial charge in [-0.2, -0.15) is 5.10 Å². The normalized spacial score (nSPS) is 15.2. The topological polar surface area (TPSA) is 129 Å². The molecule has 1 aromatic carbocycles. The number of H-pyrrole nitrogens is 1. The van der Waals surface area contributed by atoms with Crippen molar-refractivity contribution in [1.29, 1.82) is 0 Å². The maximum Gasteiger partial charge on any atom is 0.308 e. The van der Waals surface area contributed by atoms with Gasteiger partial charge in [0.2, 0.25) is 0 Å². The molecule has 24 heavy (non-hydrogen) atoms. The van der Waals surface area contributed by atoms with Crippen LogP contribution >= 0.6 is 0 Å². The van der Waals surface area contributed by atoms with Crippen molar-refractivity contribution in [2.45, 2.75) is 25.8 Å². The Morgan fingerprint density at radius 3 is 2.79 bits per heavy atom. The molecule has 0 radical (unpaired) electrons. The minimum atomic E-state index is -0.976. The molecule has 0 spiro atoms. The van der Waals surface area contributed by atoms with Crippen LogP contribution in [0.25, 0.3) is 10.9 Å². The van der Waals surface area contributed by atoms with Crippen LogP contribution in [-0.4, -0.2) is 49.6 Å². The van der Waals surface area contributed by atoms with E-state index in [4.69, 9.17) is 5.11 Å². The van der Waals surface area contributed by atoms with E-state index in [2.05, 4.69) is 10.2 Å². The van der Waals surface area contributed by atoms with Gasteiger partial charge >= 0.3 is 5.97 Å². The lowest BCUT2D eigenvalue weighted by atomic mass is 10.1. The minimum Gasteiger partial charge on any atom is -0.481 e. The number of carbonyl (C=O) groups is 2. The number of carboxylic acid groups (broad SMARTS) is 1. The second-order valence-electron chi connectivity index (χ2n) is 5.99. The Kier molecular flexibility index (Phi) is 3.92. The van der Waals surface area contributed by atoms with Crippen molar-refractivity contribution >= 4 is 28.5 Å². The maximum absolute atomic E-state index is 12.8. The van der Waals surface area contributed by atoms with Crippen LogP contribution in [0.2, 0.25) is 0 Å². The van der Waals surface area contributed by atoms with Crippen LogP contribution in [0.4, 0.5) is 5.69 Å². The van der Waals surface area contributed by atoms with Crippen molar-refractivity contribution in [3.63, 3.8) is 0 Å². The second kappa shape index (κ2) is 5.91. The van der Waals surface area contributed by atoms with Gasteiger partial charge in [0.15, 0.2) is 5.69 Å². The summed E-state index contributed by atoms with van der Waals surface area (Å²) in [7, 11) is 0. The van der Waals surface area contributed by atoms with E-state index in [9.17, 15) is 19.7 Å². The van der Waals surface area contributed by atoms with E-state index in [1.165, 1.54) is 23.1 Å². The molecule has 1 aliphatic rings. The highest BCUT2D eigenvalue weighted by Gasteiger charge is 2.36. The predicted molar refractivity (Wildman–Crippen MR) is 83.6 cm³/mol. The summed E-state index contributed by atoms with van der Waals surface area (Å²) in [6.07, 6.45) is 1.64. The Morgan fingerprint density at radius 1 is 1.50 bits per heavy atom. The number of benzene rings is 1. The van der Waals surface area contributed by atoms with E-state index >= 15 is 0 Å². The van der Waals surface area contributed by atoms with Gasteiger partial charge in [0.1, 0.15) is 0 Å². The number of carbonyl (C=O) groups excluding carboxylic acids is 1. The van der Waals surface area contributed by atoms with E-state index in [1.807, 2.05) is 0 Å². The fraction of sp³-hybridized carbons (Fsp3) is 0.400. The summed E-state index contributed by atoms with van der Waals surface area (Å²) in [5, 5.41) is 27.1. The Labute approximate surface area is 136 Å².